The first-order valence-electron chi connectivity index (χ1n) is 4.92. The summed E-state index contributed by atoms with van der Waals surface area (Å²) >= 11 is 0. The van der Waals surface area contributed by atoms with Crippen LogP contribution in [0.1, 0.15) is 25.6 Å². The first-order chi connectivity index (χ1) is 6.72. The van der Waals surface area contributed by atoms with E-state index in [1.165, 1.54) is 6.39 Å². The van der Waals surface area contributed by atoms with E-state index in [-0.39, 0.29) is 0 Å². The maximum atomic E-state index is 9.90. The third-order valence-electron chi connectivity index (χ3n) is 2.52. The average Bonchev–Trinajstić information content (AvgIpc) is 2.54. The van der Waals surface area contributed by atoms with Crippen molar-refractivity contribution in [3.63, 3.8) is 0 Å². The molecule has 0 spiro atoms. The van der Waals surface area contributed by atoms with Crippen molar-refractivity contribution >= 4 is 0 Å². The van der Waals surface area contributed by atoms with Gasteiger partial charge in [-0.15, -0.1) is 0 Å². The molecule has 1 aliphatic rings. The number of aromatic nitrogens is 2. The zero-order valence-corrected chi connectivity index (χ0v) is 8.31. The molecule has 0 radical (unpaired) electrons. The van der Waals surface area contributed by atoms with Gasteiger partial charge in [-0.1, -0.05) is 18.5 Å². The molecule has 0 aliphatic carbocycles. The number of nitrogens with zero attached hydrogens (tertiary/aromatic N) is 3. The molecule has 5 nitrogen and oxygen atoms in total. The van der Waals surface area contributed by atoms with Crippen molar-refractivity contribution in [2.24, 2.45) is 0 Å². The van der Waals surface area contributed by atoms with Crippen molar-refractivity contribution in [1.82, 2.24) is 15.0 Å². The number of rotatable bonds is 4. The van der Waals surface area contributed by atoms with Crippen LogP contribution in [0, 0.1) is 0 Å². The lowest BCUT2D eigenvalue weighted by molar-refractivity contribution is -0.107. The number of hydrogen-bond donors (Lipinski definition) is 1. The first-order valence-corrected chi connectivity index (χ1v) is 4.92. The Bertz CT molecular complexity index is 280. The highest BCUT2D eigenvalue weighted by Gasteiger charge is 2.40. The van der Waals surface area contributed by atoms with Gasteiger partial charge in [0, 0.05) is 13.1 Å². The molecule has 14 heavy (non-hydrogen) atoms. The van der Waals surface area contributed by atoms with Crippen LogP contribution < -0.4 is 0 Å². The fraction of sp³-hybridized carbons (Fsp3) is 0.778. The van der Waals surface area contributed by atoms with Gasteiger partial charge in [0.25, 0.3) is 0 Å². The Hall–Kier alpha value is -0.940. The minimum Gasteiger partial charge on any atom is -0.387 e. The Balaban J connectivity index is 1.78. The largest absolute Gasteiger partial charge is 0.387 e. The van der Waals surface area contributed by atoms with Crippen LogP contribution in [-0.2, 0) is 6.54 Å². The molecule has 5 heteroatoms. The number of hydrogen-bond acceptors (Lipinski definition) is 5. The van der Waals surface area contributed by atoms with Crippen molar-refractivity contribution in [2.75, 3.05) is 13.1 Å². The van der Waals surface area contributed by atoms with Crippen molar-refractivity contribution in [3.8, 4) is 0 Å². The fourth-order valence-electron chi connectivity index (χ4n) is 1.98. The van der Waals surface area contributed by atoms with Crippen LogP contribution in [0.25, 0.3) is 0 Å². The molecular formula is C9H15N3O2. The van der Waals surface area contributed by atoms with Gasteiger partial charge in [0.2, 0.25) is 6.39 Å². The van der Waals surface area contributed by atoms with Crippen LogP contribution in [0.15, 0.2) is 10.9 Å². The highest BCUT2D eigenvalue weighted by molar-refractivity contribution is 4.96. The molecule has 1 fully saturated rings. The molecule has 2 heterocycles. The molecule has 0 aromatic carbocycles. The second kappa shape index (κ2) is 3.67. The van der Waals surface area contributed by atoms with Crippen molar-refractivity contribution in [3.05, 3.63) is 12.2 Å². The summed E-state index contributed by atoms with van der Waals surface area (Å²) in [7, 11) is 0. The van der Waals surface area contributed by atoms with Gasteiger partial charge in [-0.25, -0.2) is 0 Å². The van der Waals surface area contributed by atoms with Gasteiger partial charge in [0.15, 0.2) is 5.82 Å². The molecule has 0 atom stereocenters. The smallest absolute Gasteiger partial charge is 0.213 e. The van der Waals surface area contributed by atoms with Crippen LogP contribution in [0.5, 0.6) is 0 Å². The summed E-state index contributed by atoms with van der Waals surface area (Å²) in [5.74, 6) is 0.684. The zero-order chi connectivity index (χ0) is 10.0. The molecule has 78 valence electrons. The van der Waals surface area contributed by atoms with E-state index in [4.69, 9.17) is 0 Å². The predicted octanol–water partition coefficient (Wildman–Crippen LogP) is 0.416. The Morgan fingerprint density at radius 2 is 2.43 bits per heavy atom. The first kappa shape index (κ1) is 9.61. The average molecular weight is 197 g/mol. The van der Waals surface area contributed by atoms with Gasteiger partial charge in [-0.3, -0.25) is 4.90 Å². The summed E-state index contributed by atoms with van der Waals surface area (Å²) in [5, 5.41) is 13.6. The van der Waals surface area contributed by atoms with E-state index in [2.05, 4.69) is 26.5 Å². The van der Waals surface area contributed by atoms with Gasteiger partial charge in [0.05, 0.1) is 12.1 Å². The van der Waals surface area contributed by atoms with E-state index >= 15 is 0 Å². The molecule has 1 aliphatic heterocycles. The molecule has 1 N–H and O–H groups in total. The lowest BCUT2D eigenvalue weighted by Gasteiger charge is -2.46. The van der Waals surface area contributed by atoms with Gasteiger partial charge >= 0.3 is 0 Å². The van der Waals surface area contributed by atoms with E-state index in [1.807, 2.05) is 0 Å². The Morgan fingerprint density at radius 3 is 3.00 bits per heavy atom. The number of likely N-dealkylation sites (tertiary alicyclic amines) is 1. The summed E-state index contributed by atoms with van der Waals surface area (Å²) in [4.78, 5) is 6.04. The second-order valence-corrected chi connectivity index (χ2v) is 3.97. The van der Waals surface area contributed by atoms with Gasteiger partial charge < -0.3 is 9.63 Å². The topological polar surface area (TPSA) is 62.4 Å². The van der Waals surface area contributed by atoms with Crippen LogP contribution >= 0.6 is 0 Å². The van der Waals surface area contributed by atoms with Crippen molar-refractivity contribution in [2.45, 2.75) is 31.9 Å². The second-order valence-electron chi connectivity index (χ2n) is 3.97. The monoisotopic (exact) mass is 197 g/mol. The molecule has 0 bridgehead atoms. The summed E-state index contributed by atoms with van der Waals surface area (Å²) in [5.41, 5.74) is -0.474. The number of β-amino-alcohol motifs (C(OH)–C–C–N with tert-alkyl or cyclic N) is 1. The van der Waals surface area contributed by atoms with E-state index in [9.17, 15) is 5.11 Å². The third kappa shape index (κ3) is 1.93. The third-order valence-corrected chi connectivity index (χ3v) is 2.52. The van der Waals surface area contributed by atoms with Gasteiger partial charge in [0.1, 0.15) is 0 Å². The maximum Gasteiger partial charge on any atom is 0.213 e. The fourth-order valence-corrected chi connectivity index (χ4v) is 1.98. The Kier molecular flexibility index (Phi) is 2.52. The molecule has 2 rings (SSSR count). The molecule has 0 unspecified atom stereocenters. The van der Waals surface area contributed by atoms with E-state index in [0.29, 0.717) is 12.4 Å². The van der Waals surface area contributed by atoms with Gasteiger partial charge in [-0.05, 0) is 6.42 Å². The van der Waals surface area contributed by atoms with Crippen LogP contribution in [0.2, 0.25) is 0 Å². The summed E-state index contributed by atoms with van der Waals surface area (Å²) < 4.78 is 4.63. The van der Waals surface area contributed by atoms with Crippen LogP contribution in [-0.4, -0.2) is 38.8 Å². The zero-order valence-electron chi connectivity index (χ0n) is 8.31. The molecule has 1 aromatic rings. The quantitative estimate of drug-likeness (QED) is 0.757. The molecule has 1 saturated heterocycles. The maximum absolute atomic E-state index is 9.90. The Labute approximate surface area is 82.7 Å². The minimum atomic E-state index is -0.474. The summed E-state index contributed by atoms with van der Waals surface area (Å²) in [6.07, 6.45) is 3.22. The van der Waals surface area contributed by atoms with Crippen LogP contribution in [0.3, 0.4) is 0 Å². The lowest BCUT2D eigenvalue weighted by atomic mass is 9.89. The molecule has 1 aromatic heterocycles. The van der Waals surface area contributed by atoms with Crippen molar-refractivity contribution < 1.29 is 9.63 Å². The molecule has 0 amide bonds. The van der Waals surface area contributed by atoms with E-state index in [0.717, 1.165) is 25.9 Å². The normalized spacial score (nSPS) is 20.7. The standard InChI is InChI=1S/C9H15N3O2/c1-2-3-9(13)5-12(6-9)4-8-10-7-14-11-8/h7,13H,2-6H2,1H3. The van der Waals surface area contributed by atoms with Crippen molar-refractivity contribution in [1.29, 1.82) is 0 Å². The number of aliphatic hydroxyl groups is 1. The summed E-state index contributed by atoms with van der Waals surface area (Å²) in [6.45, 7) is 4.19. The Morgan fingerprint density at radius 1 is 1.64 bits per heavy atom. The summed E-state index contributed by atoms with van der Waals surface area (Å²) in [6, 6.07) is 0. The highest BCUT2D eigenvalue weighted by atomic mass is 16.5. The predicted molar refractivity (Wildman–Crippen MR) is 49.4 cm³/mol. The minimum absolute atomic E-state index is 0.474. The van der Waals surface area contributed by atoms with E-state index < -0.39 is 5.60 Å². The van der Waals surface area contributed by atoms with E-state index in [1.54, 1.807) is 0 Å². The highest BCUT2D eigenvalue weighted by Crippen LogP contribution is 2.26. The molecular weight excluding hydrogens is 182 g/mol. The van der Waals surface area contributed by atoms with Gasteiger partial charge in [-0.2, -0.15) is 4.98 Å². The molecule has 0 saturated carbocycles. The van der Waals surface area contributed by atoms with Crippen LogP contribution in [0.4, 0.5) is 0 Å². The SMILES string of the molecule is CCCC1(O)CN(Cc2ncon2)C1. The lowest BCUT2D eigenvalue weighted by Crippen LogP contribution is -2.61.